The predicted octanol–water partition coefficient (Wildman–Crippen LogP) is 3.65. The normalized spacial score (nSPS) is 25.0. The number of ketones is 1. The van der Waals surface area contributed by atoms with E-state index in [1.807, 2.05) is 37.3 Å². The monoisotopic (exact) mass is 299 g/mol. The highest BCUT2D eigenvalue weighted by Crippen LogP contribution is 2.51. The fourth-order valence-electron chi connectivity index (χ4n) is 3.36. The molecule has 0 N–H and O–H groups in total. The van der Waals surface area contributed by atoms with Crippen molar-refractivity contribution in [3.8, 4) is 0 Å². The van der Waals surface area contributed by atoms with Crippen LogP contribution in [0.3, 0.4) is 0 Å². The number of fused-ring (bicyclic) bond motifs is 1. The number of benzene rings is 1. The molecule has 1 aliphatic carbocycles. The summed E-state index contributed by atoms with van der Waals surface area (Å²) in [5.74, 6) is 0.470. The van der Waals surface area contributed by atoms with Gasteiger partial charge in [0.15, 0.2) is 12.0 Å². The van der Waals surface area contributed by atoms with Gasteiger partial charge in [0.05, 0.1) is 6.04 Å². The predicted molar refractivity (Wildman–Crippen MR) is 79.4 cm³/mol. The van der Waals surface area contributed by atoms with Crippen LogP contribution >= 0.6 is 0 Å². The van der Waals surface area contributed by atoms with Crippen molar-refractivity contribution in [1.82, 2.24) is 14.8 Å². The van der Waals surface area contributed by atoms with E-state index in [-0.39, 0.29) is 23.1 Å². The summed E-state index contributed by atoms with van der Waals surface area (Å²) in [6.07, 6.45) is 1.78. The zero-order valence-electron chi connectivity index (χ0n) is 12.5. The van der Waals surface area contributed by atoms with Gasteiger partial charge >= 0.3 is 0 Å². The van der Waals surface area contributed by atoms with Crippen LogP contribution in [0.4, 0.5) is 4.39 Å². The van der Waals surface area contributed by atoms with Gasteiger partial charge in [0.25, 0.3) is 0 Å². The molecule has 1 fully saturated rings. The van der Waals surface area contributed by atoms with Crippen LogP contribution in [-0.2, 0) is 0 Å². The molecule has 22 heavy (non-hydrogen) atoms. The SMILES string of the molecule is CCC1(C(=O)c2nc3n(n2)[C@H](c2ccccc2)C[C@@H]3F)CC1. The fraction of sp³-hybridized carbons (Fsp3) is 0.471. The summed E-state index contributed by atoms with van der Waals surface area (Å²) >= 11 is 0. The average Bonchev–Trinajstić information content (AvgIpc) is 3.13. The highest BCUT2D eigenvalue weighted by atomic mass is 19.1. The summed E-state index contributed by atoms with van der Waals surface area (Å²) in [4.78, 5) is 16.8. The molecule has 2 atom stereocenters. The van der Waals surface area contributed by atoms with Gasteiger partial charge in [0.2, 0.25) is 11.6 Å². The maximum Gasteiger partial charge on any atom is 0.218 e. The van der Waals surface area contributed by atoms with Crippen molar-refractivity contribution in [3.05, 3.63) is 47.5 Å². The van der Waals surface area contributed by atoms with E-state index < -0.39 is 6.17 Å². The minimum atomic E-state index is -1.16. The van der Waals surface area contributed by atoms with E-state index in [1.54, 1.807) is 4.68 Å². The van der Waals surface area contributed by atoms with Crippen molar-refractivity contribution in [2.45, 2.75) is 44.8 Å². The lowest BCUT2D eigenvalue weighted by molar-refractivity contribution is 0.0884. The Bertz CT molecular complexity index is 721. The number of nitrogens with zero attached hydrogens (tertiary/aromatic N) is 3. The molecule has 2 heterocycles. The molecule has 114 valence electrons. The van der Waals surface area contributed by atoms with Gasteiger partial charge in [-0.1, -0.05) is 37.3 Å². The average molecular weight is 299 g/mol. The summed E-state index contributed by atoms with van der Waals surface area (Å²) < 4.78 is 15.9. The Kier molecular flexibility index (Phi) is 2.93. The van der Waals surface area contributed by atoms with Gasteiger partial charge < -0.3 is 0 Å². The van der Waals surface area contributed by atoms with Crippen molar-refractivity contribution < 1.29 is 9.18 Å². The van der Waals surface area contributed by atoms with E-state index in [1.165, 1.54) is 0 Å². The lowest BCUT2D eigenvalue weighted by Crippen LogP contribution is -2.18. The number of hydrogen-bond donors (Lipinski definition) is 0. The fourth-order valence-corrected chi connectivity index (χ4v) is 3.36. The maximum atomic E-state index is 14.3. The second kappa shape index (κ2) is 4.73. The molecule has 2 aliphatic rings. The lowest BCUT2D eigenvalue weighted by atomic mass is 9.97. The van der Waals surface area contributed by atoms with Gasteiger partial charge in [0, 0.05) is 11.8 Å². The molecule has 1 aromatic heterocycles. The Hall–Kier alpha value is -2.04. The second-order valence-corrected chi connectivity index (χ2v) is 6.33. The number of Topliss-reactive ketones (excluding diaryl/α,β-unsaturated/α-hetero) is 1. The molecular weight excluding hydrogens is 281 g/mol. The molecular formula is C17H18FN3O. The Morgan fingerprint density at radius 1 is 1.36 bits per heavy atom. The maximum absolute atomic E-state index is 14.3. The van der Waals surface area contributed by atoms with Gasteiger partial charge in [-0.25, -0.2) is 14.1 Å². The number of halogens is 1. The zero-order chi connectivity index (χ0) is 15.3. The minimum absolute atomic E-state index is 0.0177. The van der Waals surface area contributed by atoms with E-state index >= 15 is 0 Å². The molecule has 2 aromatic rings. The molecule has 1 aromatic carbocycles. The van der Waals surface area contributed by atoms with E-state index in [0.29, 0.717) is 12.2 Å². The summed E-state index contributed by atoms with van der Waals surface area (Å²) in [5, 5.41) is 4.37. The highest BCUT2D eigenvalue weighted by Gasteiger charge is 2.50. The molecule has 0 unspecified atom stereocenters. The lowest BCUT2D eigenvalue weighted by Gasteiger charge is -2.12. The Balaban J connectivity index is 1.71. The highest BCUT2D eigenvalue weighted by molar-refractivity contribution is 5.99. The minimum Gasteiger partial charge on any atom is -0.290 e. The largest absolute Gasteiger partial charge is 0.290 e. The van der Waals surface area contributed by atoms with Crippen LogP contribution in [0.1, 0.15) is 66.8 Å². The van der Waals surface area contributed by atoms with E-state index in [9.17, 15) is 9.18 Å². The van der Waals surface area contributed by atoms with Crippen molar-refractivity contribution >= 4 is 5.78 Å². The van der Waals surface area contributed by atoms with Gasteiger partial charge in [0.1, 0.15) is 0 Å². The first-order valence-electron chi connectivity index (χ1n) is 7.85. The number of hydrogen-bond acceptors (Lipinski definition) is 3. The summed E-state index contributed by atoms with van der Waals surface area (Å²) in [7, 11) is 0. The molecule has 0 spiro atoms. The van der Waals surface area contributed by atoms with Crippen LogP contribution in [-0.4, -0.2) is 20.5 Å². The third kappa shape index (κ3) is 1.91. The van der Waals surface area contributed by atoms with E-state index in [2.05, 4.69) is 10.1 Å². The molecule has 1 aliphatic heterocycles. The molecule has 0 radical (unpaired) electrons. The van der Waals surface area contributed by atoms with Crippen LogP contribution in [0.5, 0.6) is 0 Å². The van der Waals surface area contributed by atoms with E-state index in [0.717, 1.165) is 24.8 Å². The summed E-state index contributed by atoms with van der Waals surface area (Å²) in [5.41, 5.74) is 0.723. The van der Waals surface area contributed by atoms with Crippen molar-refractivity contribution in [2.75, 3.05) is 0 Å². The molecule has 5 heteroatoms. The van der Waals surface area contributed by atoms with Gasteiger partial charge in [-0.15, -0.1) is 5.10 Å². The third-order valence-corrected chi connectivity index (χ3v) is 5.06. The quantitative estimate of drug-likeness (QED) is 0.810. The van der Waals surface area contributed by atoms with Crippen LogP contribution < -0.4 is 0 Å². The molecule has 1 saturated carbocycles. The van der Waals surface area contributed by atoms with Gasteiger partial charge in [-0.05, 0) is 24.8 Å². The topological polar surface area (TPSA) is 47.8 Å². The first-order valence-corrected chi connectivity index (χ1v) is 7.85. The Labute approximate surface area is 128 Å². The first-order chi connectivity index (χ1) is 10.6. The number of carbonyl (C=O) groups is 1. The summed E-state index contributed by atoms with van der Waals surface area (Å²) in [6, 6.07) is 9.55. The van der Waals surface area contributed by atoms with E-state index in [4.69, 9.17) is 0 Å². The number of rotatable bonds is 4. The Morgan fingerprint density at radius 2 is 2.09 bits per heavy atom. The van der Waals surface area contributed by atoms with Crippen LogP contribution in [0.2, 0.25) is 0 Å². The number of alkyl halides is 1. The van der Waals surface area contributed by atoms with Crippen LogP contribution in [0.15, 0.2) is 30.3 Å². The smallest absolute Gasteiger partial charge is 0.218 e. The summed E-state index contributed by atoms with van der Waals surface area (Å²) in [6.45, 7) is 2.01. The standard InChI is InChI=1S/C17H18FN3O/c1-2-17(8-9-17)14(22)15-19-16-12(18)10-13(21(16)20-15)11-6-4-3-5-7-11/h3-7,12-13H,2,8-10H2,1H3/t12-,13-/m0/s1. The molecule has 0 amide bonds. The number of aromatic nitrogens is 3. The van der Waals surface area contributed by atoms with Crippen LogP contribution in [0, 0.1) is 5.41 Å². The Morgan fingerprint density at radius 3 is 2.73 bits per heavy atom. The molecule has 4 rings (SSSR count). The second-order valence-electron chi connectivity index (χ2n) is 6.33. The van der Waals surface area contributed by atoms with Gasteiger partial charge in [-0.3, -0.25) is 4.79 Å². The van der Waals surface area contributed by atoms with Gasteiger partial charge in [-0.2, -0.15) is 0 Å². The molecule has 0 bridgehead atoms. The molecule has 0 saturated heterocycles. The molecule has 4 nitrogen and oxygen atoms in total. The number of carbonyl (C=O) groups excluding carboxylic acids is 1. The van der Waals surface area contributed by atoms with Crippen molar-refractivity contribution in [2.24, 2.45) is 5.41 Å². The zero-order valence-corrected chi connectivity index (χ0v) is 12.5. The third-order valence-electron chi connectivity index (χ3n) is 5.06. The first kappa shape index (κ1) is 13.6. The van der Waals surface area contributed by atoms with Crippen LogP contribution in [0.25, 0.3) is 0 Å². The van der Waals surface area contributed by atoms with Crippen molar-refractivity contribution in [3.63, 3.8) is 0 Å². The van der Waals surface area contributed by atoms with Crippen molar-refractivity contribution in [1.29, 1.82) is 0 Å².